The summed E-state index contributed by atoms with van der Waals surface area (Å²) in [4.78, 5) is 12.6. The third kappa shape index (κ3) is 4.85. The van der Waals surface area contributed by atoms with Crippen molar-refractivity contribution < 1.29 is 18.0 Å². The number of benzene rings is 2. The first-order valence-electron chi connectivity index (χ1n) is 9.77. The number of halogens is 3. The third-order valence-corrected chi connectivity index (χ3v) is 4.84. The average molecular weight is 440 g/mol. The van der Waals surface area contributed by atoms with Gasteiger partial charge in [-0.15, -0.1) is 5.10 Å². The van der Waals surface area contributed by atoms with Gasteiger partial charge in [0.15, 0.2) is 5.69 Å². The highest BCUT2D eigenvalue weighted by molar-refractivity contribution is 5.92. The first-order valence-corrected chi connectivity index (χ1v) is 9.77. The molecule has 4 aromatic rings. The van der Waals surface area contributed by atoms with E-state index in [0.29, 0.717) is 5.56 Å². The van der Waals surface area contributed by atoms with Crippen molar-refractivity contribution in [2.24, 2.45) is 0 Å². The Morgan fingerprint density at radius 2 is 1.88 bits per heavy atom. The molecule has 164 valence electrons. The molecule has 1 amide bonds. The number of nitrogens with one attached hydrogen (secondary N) is 1. The lowest BCUT2D eigenvalue weighted by atomic mass is 10.1. The summed E-state index contributed by atoms with van der Waals surface area (Å²) >= 11 is 0. The van der Waals surface area contributed by atoms with Gasteiger partial charge in [0.05, 0.1) is 36.2 Å². The van der Waals surface area contributed by atoms with E-state index in [4.69, 9.17) is 0 Å². The molecule has 0 fully saturated rings. The fourth-order valence-electron chi connectivity index (χ4n) is 3.15. The van der Waals surface area contributed by atoms with Gasteiger partial charge in [0.1, 0.15) is 0 Å². The van der Waals surface area contributed by atoms with Crippen molar-refractivity contribution in [1.29, 1.82) is 0 Å². The summed E-state index contributed by atoms with van der Waals surface area (Å²) in [6, 6.07) is 14.2. The summed E-state index contributed by atoms with van der Waals surface area (Å²) in [5, 5.41) is 14.8. The number of amides is 1. The monoisotopic (exact) mass is 440 g/mol. The van der Waals surface area contributed by atoms with Crippen molar-refractivity contribution in [3.05, 3.63) is 95.6 Å². The molecule has 7 nitrogen and oxygen atoms in total. The number of carbonyl (C=O) groups is 1. The van der Waals surface area contributed by atoms with Crippen LogP contribution in [0.5, 0.6) is 0 Å². The molecule has 10 heteroatoms. The van der Waals surface area contributed by atoms with E-state index in [-0.39, 0.29) is 18.3 Å². The molecule has 0 aliphatic heterocycles. The first kappa shape index (κ1) is 21.3. The van der Waals surface area contributed by atoms with Crippen LogP contribution in [0.15, 0.2) is 73.2 Å². The molecule has 0 saturated heterocycles. The highest BCUT2D eigenvalue weighted by Gasteiger charge is 2.30. The lowest BCUT2D eigenvalue weighted by Gasteiger charge is -2.10. The van der Waals surface area contributed by atoms with Gasteiger partial charge in [0.25, 0.3) is 5.91 Å². The molecule has 2 aromatic heterocycles. The number of nitrogens with zero attached hydrogens (tertiary/aromatic N) is 5. The number of para-hydroxylation sites is 1. The second kappa shape index (κ2) is 8.66. The van der Waals surface area contributed by atoms with Crippen molar-refractivity contribution in [2.75, 3.05) is 0 Å². The molecule has 0 bridgehead atoms. The van der Waals surface area contributed by atoms with Crippen LogP contribution in [0.25, 0.3) is 5.69 Å². The molecule has 0 aliphatic carbocycles. The Balaban J connectivity index is 1.40. The number of hydrogen-bond donors (Lipinski definition) is 1. The molecule has 2 heterocycles. The van der Waals surface area contributed by atoms with Gasteiger partial charge in [-0.25, -0.2) is 9.36 Å². The van der Waals surface area contributed by atoms with E-state index in [1.165, 1.54) is 16.9 Å². The second-order valence-electron chi connectivity index (χ2n) is 7.25. The first-order chi connectivity index (χ1) is 15.3. The van der Waals surface area contributed by atoms with E-state index in [1.807, 2.05) is 43.5 Å². The van der Waals surface area contributed by atoms with Gasteiger partial charge in [-0.1, -0.05) is 35.5 Å². The van der Waals surface area contributed by atoms with Gasteiger partial charge in [-0.05, 0) is 36.8 Å². The molecule has 0 unspecified atom stereocenters. The molecule has 0 saturated carbocycles. The Bertz CT molecular complexity index is 1220. The van der Waals surface area contributed by atoms with Crippen molar-refractivity contribution in [2.45, 2.75) is 25.7 Å². The Kier molecular flexibility index (Phi) is 5.76. The van der Waals surface area contributed by atoms with Gasteiger partial charge in [0, 0.05) is 11.8 Å². The summed E-state index contributed by atoms with van der Waals surface area (Å²) in [6.45, 7) is 1.88. The minimum absolute atomic E-state index is 0.0591. The van der Waals surface area contributed by atoms with Gasteiger partial charge in [-0.2, -0.15) is 18.3 Å². The van der Waals surface area contributed by atoms with Gasteiger partial charge < -0.3 is 5.32 Å². The molecular weight excluding hydrogens is 421 g/mol. The molecule has 0 spiro atoms. The van der Waals surface area contributed by atoms with Crippen LogP contribution < -0.4 is 5.32 Å². The number of rotatable bonds is 6. The summed E-state index contributed by atoms with van der Waals surface area (Å²) in [6.07, 6.45) is 0.469. The average Bonchev–Trinajstić information content (AvgIpc) is 3.44. The third-order valence-electron chi connectivity index (χ3n) is 4.84. The zero-order valence-corrected chi connectivity index (χ0v) is 17.0. The highest BCUT2D eigenvalue weighted by Crippen LogP contribution is 2.29. The van der Waals surface area contributed by atoms with Crippen molar-refractivity contribution in [3.8, 4) is 5.69 Å². The maximum Gasteiger partial charge on any atom is 0.416 e. The van der Waals surface area contributed by atoms with Gasteiger partial charge >= 0.3 is 6.18 Å². The van der Waals surface area contributed by atoms with Crippen LogP contribution in [0.2, 0.25) is 0 Å². The Morgan fingerprint density at radius 3 is 2.62 bits per heavy atom. The standard InChI is InChI=1S/C22H19F3N6O/c1-15(17-11-26-31(13-17)19-8-3-2-4-9-19)27-21(32)20-14-30(29-28-20)12-16-6-5-7-18(10-16)22(23,24)25/h2-11,13-15H,12H2,1H3,(H,27,32)/t15-/m0/s1. The van der Waals surface area contributed by atoms with Crippen molar-refractivity contribution in [3.63, 3.8) is 0 Å². The van der Waals surface area contributed by atoms with E-state index in [9.17, 15) is 18.0 Å². The molecule has 2 aromatic carbocycles. The predicted molar refractivity (Wildman–Crippen MR) is 110 cm³/mol. The fourth-order valence-corrected chi connectivity index (χ4v) is 3.15. The lowest BCUT2D eigenvalue weighted by molar-refractivity contribution is -0.137. The molecule has 32 heavy (non-hydrogen) atoms. The van der Waals surface area contributed by atoms with Crippen LogP contribution in [0.1, 0.15) is 40.1 Å². The fraction of sp³-hybridized carbons (Fsp3) is 0.182. The number of hydrogen-bond acceptors (Lipinski definition) is 4. The topological polar surface area (TPSA) is 77.6 Å². The SMILES string of the molecule is C[C@H](NC(=O)c1cn(Cc2cccc(C(F)(F)F)c2)nn1)c1cnn(-c2ccccc2)c1. The molecule has 4 rings (SSSR count). The highest BCUT2D eigenvalue weighted by atomic mass is 19.4. The van der Waals surface area contributed by atoms with Crippen LogP contribution in [-0.2, 0) is 12.7 Å². The second-order valence-corrected chi connectivity index (χ2v) is 7.25. The van der Waals surface area contributed by atoms with Crippen LogP contribution in [-0.4, -0.2) is 30.7 Å². The quantitative estimate of drug-likeness (QED) is 0.491. The largest absolute Gasteiger partial charge is 0.416 e. The van der Waals surface area contributed by atoms with Crippen LogP contribution in [0.3, 0.4) is 0 Å². The number of carbonyl (C=O) groups excluding carboxylic acids is 1. The normalized spacial score (nSPS) is 12.5. The molecule has 1 N–H and O–H groups in total. The Labute approximate surface area is 181 Å². The predicted octanol–water partition coefficient (Wildman–Crippen LogP) is 4.02. The number of alkyl halides is 3. The summed E-state index contributed by atoms with van der Waals surface area (Å²) in [5.41, 5.74) is 1.43. The molecular formula is C22H19F3N6O. The Hall–Kier alpha value is -3.95. The molecule has 0 radical (unpaired) electrons. The maximum atomic E-state index is 12.9. The van der Waals surface area contributed by atoms with Crippen LogP contribution >= 0.6 is 0 Å². The van der Waals surface area contributed by atoms with Crippen LogP contribution in [0, 0.1) is 0 Å². The van der Waals surface area contributed by atoms with Gasteiger partial charge in [0.2, 0.25) is 0 Å². The summed E-state index contributed by atoms with van der Waals surface area (Å²) in [7, 11) is 0. The zero-order valence-electron chi connectivity index (χ0n) is 17.0. The van der Waals surface area contributed by atoms with E-state index in [1.54, 1.807) is 16.9 Å². The van der Waals surface area contributed by atoms with Crippen LogP contribution in [0.4, 0.5) is 13.2 Å². The van der Waals surface area contributed by atoms with E-state index in [0.717, 1.165) is 23.4 Å². The minimum Gasteiger partial charge on any atom is -0.344 e. The van der Waals surface area contributed by atoms with E-state index < -0.39 is 17.6 Å². The van der Waals surface area contributed by atoms with Crippen molar-refractivity contribution >= 4 is 5.91 Å². The van der Waals surface area contributed by atoms with E-state index in [2.05, 4.69) is 20.7 Å². The van der Waals surface area contributed by atoms with Gasteiger partial charge in [-0.3, -0.25) is 4.79 Å². The maximum absolute atomic E-state index is 12.9. The van der Waals surface area contributed by atoms with E-state index >= 15 is 0 Å². The summed E-state index contributed by atoms with van der Waals surface area (Å²) < 4.78 is 41.7. The number of aromatic nitrogens is 5. The minimum atomic E-state index is -4.42. The summed E-state index contributed by atoms with van der Waals surface area (Å²) in [5.74, 6) is -0.444. The molecule has 1 atom stereocenters. The molecule has 0 aliphatic rings. The van der Waals surface area contributed by atoms with Crippen molar-refractivity contribution in [1.82, 2.24) is 30.1 Å². The lowest BCUT2D eigenvalue weighted by Crippen LogP contribution is -2.26. The smallest absolute Gasteiger partial charge is 0.344 e. The Morgan fingerprint density at radius 1 is 1.09 bits per heavy atom. The zero-order chi connectivity index (χ0) is 22.7.